The standard InChI is InChI=1S/C10H22N2O/c1-7(2)6-8(9(11)13)12-10(3,4)5/h7-8,12H,6H2,1-5H3,(H2,11,13)/t8-/m0/s1. The number of rotatable bonds is 4. The lowest BCUT2D eigenvalue weighted by molar-refractivity contribution is -0.120. The van der Waals surface area contributed by atoms with Crippen molar-refractivity contribution in [2.75, 3.05) is 0 Å². The molecule has 0 aromatic rings. The number of nitrogens with two attached hydrogens (primary N) is 1. The lowest BCUT2D eigenvalue weighted by Gasteiger charge is -2.27. The van der Waals surface area contributed by atoms with Crippen molar-refractivity contribution in [2.24, 2.45) is 11.7 Å². The minimum atomic E-state index is -0.261. The van der Waals surface area contributed by atoms with Gasteiger partial charge in [0.2, 0.25) is 5.91 Å². The molecule has 0 radical (unpaired) electrons. The molecular weight excluding hydrogens is 164 g/mol. The number of primary amides is 1. The topological polar surface area (TPSA) is 55.1 Å². The first-order chi connectivity index (χ1) is 5.72. The van der Waals surface area contributed by atoms with Crippen LogP contribution < -0.4 is 11.1 Å². The van der Waals surface area contributed by atoms with Gasteiger partial charge in [-0.1, -0.05) is 13.8 Å². The molecule has 0 aromatic carbocycles. The lowest BCUT2D eigenvalue weighted by atomic mass is 9.99. The van der Waals surface area contributed by atoms with Crippen LogP contribution in [0.15, 0.2) is 0 Å². The normalized spacial score (nSPS) is 14.6. The van der Waals surface area contributed by atoms with E-state index in [0.717, 1.165) is 6.42 Å². The van der Waals surface area contributed by atoms with Crippen molar-refractivity contribution in [2.45, 2.75) is 52.6 Å². The molecule has 1 atom stereocenters. The summed E-state index contributed by atoms with van der Waals surface area (Å²) in [4.78, 5) is 11.1. The predicted octanol–water partition coefficient (Wildman–Crippen LogP) is 1.27. The van der Waals surface area contributed by atoms with Gasteiger partial charge in [0, 0.05) is 5.54 Å². The number of hydrogen-bond donors (Lipinski definition) is 2. The minimum Gasteiger partial charge on any atom is -0.368 e. The van der Waals surface area contributed by atoms with Gasteiger partial charge >= 0.3 is 0 Å². The second-order valence-corrected chi connectivity index (χ2v) is 4.98. The number of hydrogen-bond acceptors (Lipinski definition) is 2. The predicted molar refractivity (Wildman–Crippen MR) is 55.3 cm³/mol. The Morgan fingerprint density at radius 2 is 1.85 bits per heavy atom. The van der Waals surface area contributed by atoms with Crippen molar-refractivity contribution in [1.29, 1.82) is 0 Å². The summed E-state index contributed by atoms with van der Waals surface area (Å²) >= 11 is 0. The van der Waals surface area contributed by atoms with Gasteiger partial charge in [-0.15, -0.1) is 0 Å². The fourth-order valence-electron chi connectivity index (χ4n) is 1.24. The molecule has 0 fully saturated rings. The van der Waals surface area contributed by atoms with E-state index in [2.05, 4.69) is 19.2 Å². The average Bonchev–Trinajstić information content (AvgIpc) is 1.81. The van der Waals surface area contributed by atoms with Crippen LogP contribution in [0, 0.1) is 5.92 Å². The van der Waals surface area contributed by atoms with Gasteiger partial charge in [0.1, 0.15) is 0 Å². The van der Waals surface area contributed by atoms with Crippen molar-refractivity contribution >= 4 is 5.91 Å². The van der Waals surface area contributed by atoms with Gasteiger partial charge in [0.05, 0.1) is 6.04 Å². The molecule has 0 bridgehead atoms. The van der Waals surface area contributed by atoms with Crippen LogP contribution in [0.25, 0.3) is 0 Å². The third-order valence-corrected chi connectivity index (χ3v) is 1.66. The molecule has 3 heteroatoms. The summed E-state index contributed by atoms with van der Waals surface area (Å²) in [6.45, 7) is 10.3. The van der Waals surface area contributed by atoms with Crippen molar-refractivity contribution in [3.8, 4) is 0 Å². The number of carbonyl (C=O) groups excluding carboxylic acids is 1. The smallest absolute Gasteiger partial charge is 0.234 e. The van der Waals surface area contributed by atoms with Crippen molar-refractivity contribution in [3.05, 3.63) is 0 Å². The van der Waals surface area contributed by atoms with Crippen molar-refractivity contribution in [1.82, 2.24) is 5.32 Å². The summed E-state index contributed by atoms with van der Waals surface area (Å²) in [5.41, 5.74) is 5.23. The molecule has 0 heterocycles. The van der Waals surface area contributed by atoms with Crippen LogP contribution in [-0.4, -0.2) is 17.5 Å². The van der Waals surface area contributed by atoms with E-state index in [1.54, 1.807) is 0 Å². The molecule has 3 nitrogen and oxygen atoms in total. The molecule has 0 saturated carbocycles. The van der Waals surface area contributed by atoms with E-state index in [0.29, 0.717) is 5.92 Å². The Labute approximate surface area is 81.1 Å². The molecule has 0 spiro atoms. The molecule has 0 aliphatic carbocycles. The molecule has 13 heavy (non-hydrogen) atoms. The van der Waals surface area contributed by atoms with E-state index in [4.69, 9.17) is 5.73 Å². The number of carbonyl (C=O) groups is 1. The van der Waals surface area contributed by atoms with Crippen LogP contribution in [0.5, 0.6) is 0 Å². The van der Waals surface area contributed by atoms with Gasteiger partial charge in [0.15, 0.2) is 0 Å². The fraction of sp³-hybridized carbons (Fsp3) is 0.900. The van der Waals surface area contributed by atoms with Crippen LogP contribution in [0.2, 0.25) is 0 Å². The lowest BCUT2D eigenvalue weighted by Crippen LogP contribution is -2.50. The van der Waals surface area contributed by atoms with E-state index in [1.807, 2.05) is 20.8 Å². The third-order valence-electron chi connectivity index (χ3n) is 1.66. The zero-order valence-corrected chi connectivity index (χ0v) is 9.35. The van der Waals surface area contributed by atoms with Crippen LogP contribution >= 0.6 is 0 Å². The first kappa shape index (κ1) is 12.4. The Morgan fingerprint density at radius 1 is 1.38 bits per heavy atom. The van der Waals surface area contributed by atoms with Crippen LogP contribution in [0.1, 0.15) is 41.0 Å². The number of nitrogens with one attached hydrogen (secondary N) is 1. The fourth-order valence-corrected chi connectivity index (χ4v) is 1.24. The van der Waals surface area contributed by atoms with Crippen LogP contribution in [0.3, 0.4) is 0 Å². The summed E-state index contributed by atoms with van der Waals surface area (Å²) in [6, 6.07) is -0.208. The third kappa shape index (κ3) is 6.58. The maximum atomic E-state index is 11.1. The Balaban J connectivity index is 4.19. The maximum absolute atomic E-state index is 11.1. The highest BCUT2D eigenvalue weighted by molar-refractivity contribution is 5.79. The summed E-state index contributed by atoms with van der Waals surface area (Å²) < 4.78 is 0. The summed E-state index contributed by atoms with van der Waals surface area (Å²) in [7, 11) is 0. The molecule has 0 aliphatic rings. The zero-order chi connectivity index (χ0) is 10.6. The van der Waals surface area contributed by atoms with E-state index >= 15 is 0 Å². The van der Waals surface area contributed by atoms with Gasteiger partial charge in [-0.2, -0.15) is 0 Å². The number of amides is 1. The Morgan fingerprint density at radius 3 is 2.08 bits per heavy atom. The Bertz CT molecular complexity index is 170. The monoisotopic (exact) mass is 186 g/mol. The molecule has 78 valence electrons. The van der Waals surface area contributed by atoms with Crippen molar-refractivity contribution < 1.29 is 4.79 Å². The summed E-state index contributed by atoms with van der Waals surface area (Å²) in [6.07, 6.45) is 0.798. The molecule has 0 aromatic heterocycles. The van der Waals surface area contributed by atoms with Gasteiger partial charge in [-0.25, -0.2) is 0 Å². The second-order valence-electron chi connectivity index (χ2n) is 4.98. The minimum absolute atomic E-state index is 0.0609. The second kappa shape index (κ2) is 4.61. The van der Waals surface area contributed by atoms with Gasteiger partial charge in [-0.3, -0.25) is 4.79 Å². The first-order valence-electron chi connectivity index (χ1n) is 4.79. The van der Waals surface area contributed by atoms with Gasteiger partial charge < -0.3 is 11.1 Å². The highest BCUT2D eigenvalue weighted by Gasteiger charge is 2.22. The summed E-state index contributed by atoms with van der Waals surface area (Å²) in [5.74, 6) is 0.218. The van der Waals surface area contributed by atoms with Crippen LogP contribution in [-0.2, 0) is 4.79 Å². The molecule has 0 rings (SSSR count). The Hall–Kier alpha value is -0.570. The average molecular weight is 186 g/mol. The highest BCUT2D eigenvalue weighted by Crippen LogP contribution is 2.09. The maximum Gasteiger partial charge on any atom is 0.234 e. The highest BCUT2D eigenvalue weighted by atomic mass is 16.1. The van der Waals surface area contributed by atoms with E-state index in [9.17, 15) is 4.79 Å². The van der Waals surface area contributed by atoms with Crippen molar-refractivity contribution in [3.63, 3.8) is 0 Å². The van der Waals surface area contributed by atoms with Gasteiger partial charge in [-0.05, 0) is 33.1 Å². The van der Waals surface area contributed by atoms with E-state index in [1.165, 1.54) is 0 Å². The van der Waals surface area contributed by atoms with Crippen LogP contribution in [0.4, 0.5) is 0 Å². The molecule has 0 aliphatic heterocycles. The molecule has 0 unspecified atom stereocenters. The largest absolute Gasteiger partial charge is 0.368 e. The quantitative estimate of drug-likeness (QED) is 0.694. The summed E-state index contributed by atoms with van der Waals surface area (Å²) in [5, 5.41) is 3.21. The van der Waals surface area contributed by atoms with E-state index < -0.39 is 0 Å². The first-order valence-corrected chi connectivity index (χ1v) is 4.79. The molecule has 3 N–H and O–H groups in total. The molecule has 0 saturated heterocycles. The molecular formula is C10H22N2O. The SMILES string of the molecule is CC(C)C[C@H](NC(C)(C)C)C(N)=O. The van der Waals surface area contributed by atoms with Gasteiger partial charge in [0.25, 0.3) is 0 Å². The zero-order valence-electron chi connectivity index (χ0n) is 9.35. The van der Waals surface area contributed by atoms with E-state index in [-0.39, 0.29) is 17.5 Å². The molecule has 1 amide bonds. The Kier molecular flexibility index (Phi) is 4.40.